The van der Waals surface area contributed by atoms with Crippen molar-refractivity contribution in [1.82, 2.24) is 4.90 Å². The Morgan fingerprint density at radius 3 is 2.66 bits per heavy atom. The average molecular weight is 408 g/mol. The number of aromatic hydroxyl groups is 1. The van der Waals surface area contributed by atoms with Crippen molar-refractivity contribution in [3.63, 3.8) is 0 Å². The first-order valence-electron chi connectivity index (χ1n) is 9.09. The molecule has 2 aromatic carbocycles. The average Bonchev–Trinajstić information content (AvgIpc) is 2.96. The highest BCUT2D eigenvalue weighted by Crippen LogP contribution is 2.30. The van der Waals surface area contributed by atoms with Crippen LogP contribution >= 0.6 is 11.8 Å². The Kier molecular flexibility index (Phi) is 6.86. The molecule has 0 aliphatic carbocycles. The Labute approximate surface area is 172 Å². The number of nitrogens with one attached hydrogen (secondary N) is 1. The molecule has 1 fully saturated rings. The number of rotatable bonds is 7. The van der Waals surface area contributed by atoms with Gasteiger partial charge in [-0.15, -0.1) is 0 Å². The SMILES string of the molecule is O=C(CCCN1C(=O)SC(=CC=Cc2ccccc2)C1=O)Nc1cccc(O)c1. The van der Waals surface area contributed by atoms with E-state index in [-0.39, 0.29) is 35.8 Å². The molecule has 29 heavy (non-hydrogen) atoms. The van der Waals surface area contributed by atoms with E-state index in [4.69, 9.17) is 0 Å². The lowest BCUT2D eigenvalue weighted by Gasteiger charge is -2.12. The maximum atomic E-state index is 12.4. The van der Waals surface area contributed by atoms with E-state index in [0.29, 0.717) is 17.0 Å². The van der Waals surface area contributed by atoms with Crippen LogP contribution in [-0.2, 0) is 9.59 Å². The summed E-state index contributed by atoms with van der Waals surface area (Å²) in [5.41, 5.74) is 1.50. The summed E-state index contributed by atoms with van der Waals surface area (Å²) in [4.78, 5) is 38.0. The van der Waals surface area contributed by atoms with Crippen molar-refractivity contribution in [2.24, 2.45) is 0 Å². The van der Waals surface area contributed by atoms with E-state index in [1.54, 1.807) is 24.3 Å². The molecular weight excluding hydrogens is 388 g/mol. The van der Waals surface area contributed by atoms with Crippen molar-refractivity contribution in [2.45, 2.75) is 12.8 Å². The lowest BCUT2D eigenvalue weighted by atomic mass is 10.2. The number of nitrogens with zero attached hydrogens (tertiary/aromatic N) is 1. The number of thioether (sulfide) groups is 1. The molecule has 0 bridgehead atoms. The van der Waals surface area contributed by atoms with Gasteiger partial charge in [-0.3, -0.25) is 19.3 Å². The molecule has 3 amide bonds. The van der Waals surface area contributed by atoms with Crippen LogP contribution in [0.5, 0.6) is 5.75 Å². The fourth-order valence-corrected chi connectivity index (χ4v) is 3.54. The number of phenolic OH excluding ortho intramolecular Hbond substituents is 1. The lowest BCUT2D eigenvalue weighted by Crippen LogP contribution is -2.29. The van der Waals surface area contributed by atoms with Gasteiger partial charge in [-0.2, -0.15) is 0 Å². The van der Waals surface area contributed by atoms with E-state index in [0.717, 1.165) is 22.2 Å². The highest BCUT2D eigenvalue weighted by atomic mass is 32.2. The smallest absolute Gasteiger partial charge is 0.293 e. The maximum Gasteiger partial charge on any atom is 0.293 e. The molecule has 0 spiro atoms. The van der Waals surface area contributed by atoms with Gasteiger partial charge in [0.05, 0.1) is 4.91 Å². The maximum absolute atomic E-state index is 12.4. The van der Waals surface area contributed by atoms with E-state index in [1.807, 2.05) is 36.4 Å². The zero-order chi connectivity index (χ0) is 20.6. The number of hydrogen-bond donors (Lipinski definition) is 2. The van der Waals surface area contributed by atoms with Gasteiger partial charge in [0.1, 0.15) is 5.75 Å². The van der Waals surface area contributed by atoms with E-state index in [9.17, 15) is 19.5 Å². The fraction of sp³-hybridized carbons (Fsp3) is 0.136. The number of anilines is 1. The molecule has 2 aromatic rings. The summed E-state index contributed by atoms with van der Waals surface area (Å²) >= 11 is 0.899. The van der Waals surface area contributed by atoms with Crippen molar-refractivity contribution in [3.8, 4) is 5.75 Å². The highest BCUT2D eigenvalue weighted by molar-refractivity contribution is 8.18. The van der Waals surface area contributed by atoms with Gasteiger partial charge in [-0.1, -0.05) is 48.6 Å². The molecule has 1 heterocycles. The normalized spacial score (nSPS) is 15.4. The Morgan fingerprint density at radius 1 is 1.10 bits per heavy atom. The Morgan fingerprint density at radius 2 is 1.90 bits per heavy atom. The molecule has 7 heteroatoms. The summed E-state index contributed by atoms with van der Waals surface area (Å²) in [6, 6.07) is 15.9. The van der Waals surface area contributed by atoms with Crippen LogP contribution in [0, 0.1) is 0 Å². The summed E-state index contributed by atoms with van der Waals surface area (Å²) in [6.45, 7) is 0.178. The molecule has 2 N–H and O–H groups in total. The third kappa shape index (κ3) is 5.83. The van der Waals surface area contributed by atoms with Gasteiger partial charge in [-0.25, -0.2) is 0 Å². The number of hydrogen-bond acceptors (Lipinski definition) is 5. The van der Waals surface area contributed by atoms with Gasteiger partial charge in [0, 0.05) is 24.7 Å². The number of allylic oxidation sites excluding steroid dienone is 2. The molecule has 0 radical (unpaired) electrons. The van der Waals surface area contributed by atoms with E-state index >= 15 is 0 Å². The van der Waals surface area contributed by atoms with Gasteiger partial charge >= 0.3 is 0 Å². The number of benzene rings is 2. The molecule has 1 saturated heterocycles. The number of amides is 3. The molecule has 0 atom stereocenters. The second-order valence-corrected chi connectivity index (χ2v) is 7.32. The molecule has 0 saturated carbocycles. The van der Waals surface area contributed by atoms with Crippen LogP contribution in [0.25, 0.3) is 6.08 Å². The van der Waals surface area contributed by atoms with Gasteiger partial charge in [-0.05, 0) is 42.0 Å². The summed E-state index contributed by atoms with van der Waals surface area (Å²) in [7, 11) is 0. The highest BCUT2D eigenvalue weighted by Gasteiger charge is 2.34. The van der Waals surface area contributed by atoms with Crippen molar-refractivity contribution >= 4 is 40.6 Å². The number of carbonyl (C=O) groups excluding carboxylic acids is 3. The first kappa shape index (κ1) is 20.4. The van der Waals surface area contributed by atoms with Gasteiger partial charge in [0.25, 0.3) is 11.1 Å². The molecule has 1 aliphatic rings. The van der Waals surface area contributed by atoms with Crippen LogP contribution < -0.4 is 5.32 Å². The molecule has 6 nitrogen and oxygen atoms in total. The number of imide groups is 1. The molecular formula is C22H20N2O4S. The van der Waals surface area contributed by atoms with Crippen LogP contribution in [0.3, 0.4) is 0 Å². The first-order chi connectivity index (χ1) is 14.0. The zero-order valence-electron chi connectivity index (χ0n) is 15.6. The van der Waals surface area contributed by atoms with E-state index in [2.05, 4.69) is 5.32 Å². The molecule has 148 valence electrons. The number of carbonyl (C=O) groups is 3. The van der Waals surface area contributed by atoms with Crippen LogP contribution in [0.2, 0.25) is 0 Å². The van der Waals surface area contributed by atoms with E-state index < -0.39 is 0 Å². The van der Waals surface area contributed by atoms with Crippen LogP contribution in [-0.4, -0.2) is 33.6 Å². The summed E-state index contributed by atoms with van der Waals surface area (Å²) in [6.07, 6.45) is 5.75. The second-order valence-electron chi connectivity index (χ2n) is 6.33. The Hall–Kier alpha value is -3.32. The zero-order valence-corrected chi connectivity index (χ0v) is 16.4. The standard InChI is InChI=1S/C22H20N2O4S/c25-18-11-5-10-17(15-18)23-20(26)13-6-14-24-21(27)19(29-22(24)28)12-4-9-16-7-2-1-3-8-16/h1-5,7-12,15,25H,6,13-14H2,(H,23,26). The van der Waals surface area contributed by atoms with Crippen LogP contribution in [0.4, 0.5) is 10.5 Å². The van der Waals surface area contributed by atoms with Crippen molar-refractivity contribution < 1.29 is 19.5 Å². The van der Waals surface area contributed by atoms with Crippen molar-refractivity contribution in [1.29, 1.82) is 0 Å². The predicted molar refractivity (Wildman–Crippen MR) is 114 cm³/mol. The summed E-state index contributed by atoms with van der Waals surface area (Å²) in [5, 5.41) is 11.7. The molecule has 0 aromatic heterocycles. The van der Waals surface area contributed by atoms with Gasteiger partial charge in [0.2, 0.25) is 5.91 Å². The largest absolute Gasteiger partial charge is 0.508 e. The first-order valence-corrected chi connectivity index (χ1v) is 9.90. The molecule has 0 unspecified atom stereocenters. The molecule has 3 rings (SSSR count). The minimum atomic E-state index is -0.342. The Bertz CT molecular complexity index is 970. The number of phenols is 1. The minimum absolute atomic E-state index is 0.0636. The fourth-order valence-electron chi connectivity index (χ4n) is 2.72. The predicted octanol–water partition coefficient (Wildman–Crippen LogP) is 4.40. The molecule has 1 aliphatic heterocycles. The Balaban J connectivity index is 1.49. The second kappa shape index (κ2) is 9.75. The third-order valence-electron chi connectivity index (χ3n) is 4.12. The quantitative estimate of drug-likeness (QED) is 0.663. The van der Waals surface area contributed by atoms with Gasteiger partial charge < -0.3 is 10.4 Å². The van der Waals surface area contributed by atoms with E-state index in [1.165, 1.54) is 12.1 Å². The monoisotopic (exact) mass is 408 g/mol. The minimum Gasteiger partial charge on any atom is -0.508 e. The van der Waals surface area contributed by atoms with Crippen molar-refractivity contribution in [3.05, 3.63) is 77.2 Å². The lowest BCUT2D eigenvalue weighted by molar-refractivity contribution is -0.123. The van der Waals surface area contributed by atoms with Crippen molar-refractivity contribution in [2.75, 3.05) is 11.9 Å². The summed E-state index contributed by atoms with van der Waals surface area (Å²) in [5.74, 6) is -0.524. The summed E-state index contributed by atoms with van der Waals surface area (Å²) < 4.78 is 0. The third-order valence-corrected chi connectivity index (χ3v) is 5.05. The van der Waals surface area contributed by atoms with Crippen LogP contribution in [0.1, 0.15) is 18.4 Å². The van der Waals surface area contributed by atoms with Gasteiger partial charge in [0.15, 0.2) is 0 Å². The van der Waals surface area contributed by atoms with Crippen LogP contribution in [0.15, 0.2) is 71.7 Å². The topological polar surface area (TPSA) is 86.7 Å².